The van der Waals surface area contributed by atoms with Gasteiger partial charge in [-0.15, -0.1) is 0 Å². The van der Waals surface area contributed by atoms with Crippen LogP contribution >= 0.6 is 0 Å². The van der Waals surface area contributed by atoms with Crippen molar-refractivity contribution in [3.8, 4) is 0 Å². The lowest BCUT2D eigenvalue weighted by Crippen LogP contribution is -2.46. The van der Waals surface area contributed by atoms with Gasteiger partial charge in [0.1, 0.15) is 0 Å². The fourth-order valence-electron chi connectivity index (χ4n) is 2.06. The van der Waals surface area contributed by atoms with Crippen LogP contribution in [0.4, 0.5) is 0 Å². The summed E-state index contributed by atoms with van der Waals surface area (Å²) in [4.78, 5) is 2.32. The van der Waals surface area contributed by atoms with Crippen LogP contribution in [0, 0.1) is 0 Å². The second-order valence-electron chi connectivity index (χ2n) is 4.82. The number of likely N-dealkylation sites (tertiary alicyclic amines) is 1. The highest BCUT2D eigenvalue weighted by molar-refractivity contribution is 4.91. The van der Waals surface area contributed by atoms with E-state index in [-0.39, 0.29) is 11.6 Å². The topological polar surface area (TPSA) is 32.7 Å². The molecule has 0 aromatic carbocycles. The van der Waals surface area contributed by atoms with Crippen molar-refractivity contribution < 1.29 is 9.84 Å². The molecular formula is C10H21NO2. The molecule has 0 bridgehead atoms. The van der Waals surface area contributed by atoms with E-state index >= 15 is 0 Å². The molecule has 3 nitrogen and oxygen atoms in total. The summed E-state index contributed by atoms with van der Waals surface area (Å²) >= 11 is 0. The third kappa shape index (κ3) is 2.66. The number of hydrogen-bond donors (Lipinski definition) is 1. The van der Waals surface area contributed by atoms with Crippen molar-refractivity contribution in [3.63, 3.8) is 0 Å². The van der Waals surface area contributed by atoms with Gasteiger partial charge in [0.05, 0.1) is 12.7 Å². The Hall–Kier alpha value is -0.120. The van der Waals surface area contributed by atoms with Gasteiger partial charge in [0, 0.05) is 25.2 Å². The summed E-state index contributed by atoms with van der Waals surface area (Å²) in [6.45, 7) is 8.01. The molecule has 78 valence electrons. The molecule has 0 radical (unpaired) electrons. The van der Waals surface area contributed by atoms with E-state index in [1.165, 1.54) is 0 Å². The largest absolute Gasteiger partial charge is 0.392 e. The molecule has 3 heteroatoms. The third-order valence-corrected chi connectivity index (χ3v) is 2.61. The predicted octanol–water partition coefficient (Wildman–Crippen LogP) is 0.866. The van der Waals surface area contributed by atoms with Gasteiger partial charge in [-0.05, 0) is 27.2 Å². The Labute approximate surface area is 80.7 Å². The number of aliphatic hydroxyl groups excluding tert-OH is 1. The van der Waals surface area contributed by atoms with E-state index in [9.17, 15) is 5.11 Å². The summed E-state index contributed by atoms with van der Waals surface area (Å²) in [5.41, 5.74) is 0.126. The van der Waals surface area contributed by atoms with Gasteiger partial charge in [-0.2, -0.15) is 0 Å². The average molecular weight is 187 g/mol. The van der Waals surface area contributed by atoms with Gasteiger partial charge in [-0.25, -0.2) is 0 Å². The highest BCUT2D eigenvalue weighted by Crippen LogP contribution is 2.26. The summed E-state index contributed by atoms with van der Waals surface area (Å²) in [7, 11) is 1.71. The molecule has 1 saturated heterocycles. The number of aliphatic hydroxyl groups is 1. The molecule has 1 aliphatic heterocycles. The molecule has 0 spiro atoms. The molecule has 0 unspecified atom stereocenters. The molecule has 13 heavy (non-hydrogen) atoms. The van der Waals surface area contributed by atoms with E-state index in [2.05, 4.69) is 25.7 Å². The van der Waals surface area contributed by atoms with Crippen molar-refractivity contribution in [1.29, 1.82) is 0 Å². The summed E-state index contributed by atoms with van der Waals surface area (Å²) in [6, 6.07) is 0.375. The van der Waals surface area contributed by atoms with Crippen LogP contribution in [-0.2, 0) is 4.74 Å². The van der Waals surface area contributed by atoms with E-state index in [0.717, 1.165) is 13.0 Å². The summed E-state index contributed by atoms with van der Waals surface area (Å²) in [6.07, 6.45) is 0.657. The van der Waals surface area contributed by atoms with E-state index < -0.39 is 0 Å². The van der Waals surface area contributed by atoms with E-state index in [1.54, 1.807) is 7.11 Å². The second-order valence-corrected chi connectivity index (χ2v) is 4.82. The van der Waals surface area contributed by atoms with Gasteiger partial charge < -0.3 is 9.84 Å². The molecule has 0 amide bonds. The van der Waals surface area contributed by atoms with Gasteiger partial charge in [0.25, 0.3) is 0 Å². The highest BCUT2D eigenvalue weighted by atomic mass is 16.5. The zero-order valence-electron chi connectivity index (χ0n) is 9.08. The Balaban J connectivity index is 2.60. The molecule has 1 N–H and O–H groups in total. The molecule has 1 fully saturated rings. The van der Waals surface area contributed by atoms with Gasteiger partial charge in [-0.1, -0.05) is 0 Å². The zero-order chi connectivity index (χ0) is 10.1. The standard InChI is InChI=1S/C10H21NO2/c1-10(2,3)11-6-9(12)5-8(11)7-13-4/h8-9,12H,5-7H2,1-4H3/t8-,9-/m1/s1. The molecule has 1 rings (SSSR count). The maximum atomic E-state index is 9.56. The Morgan fingerprint density at radius 2 is 2.08 bits per heavy atom. The minimum Gasteiger partial charge on any atom is -0.392 e. The number of hydrogen-bond acceptors (Lipinski definition) is 3. The quantitative estimate of drug-likeness (QED) is 0.696. The molecule has 0 saturated carbocycles. The first-order valence-electron chi connectivity index (χ1n) is 4.89. The van der Waals surface area contributed by atoms with Crippen molar-refractivity contribution in [2.45, 2.75) is 44.9 Å². The molecule has 0 aliphatic carbocycles. The minimum atomic E-state index is -0.181. The maximum Gasteiger partial charge on any atom is 0.0683 e. The predicted molar refractivity (Wildman–Crippen MR) is 52.7 cm³/mol. The van der Waals surface area contributed by atoms with Crippen molar-refractivity contribution in [1.82, 2.24) is 4.90 Å². The first-order chi connectivity index (χ1) is 5.95. The van der Waals surface area contributed by atoms with Crippen LogP contribution in [0.1, 0.15) is 27.2 Å². The number of nitrogens with zero attached hydrogens (tertiary/aromatic N) is 1. The molecule has 0 aromatic rings. The maximum absolute atomic E-state index is 9.56. The van der Waals surface area contributed by atoms with Gasteiger partial charge >= 0.3 is 0 Å². The average Bonchev–Trinajstić information content (AvgIpc) is 2.30. The van der Waals surface area contributed by atoms with Gasteiger partial charge in [0.2, 0.25) is 0 Å². The Morgan fingerprint density at radius 1 is 1.46 bits per heavy atom. The number of ether oxygens (including phenoxy) is 1. The van der Waals surface area contributed by atoms with Crippen LogP contribution in [0.15, 0.2) is 0 Å². The van der Waals surface area contributed by atoms with Crippen LogP contribution in [0.25, 0.3) is 0 Å². The molecule has 1 aliphatic rings. The molecular weight excluding hydrogens is 166 g/mol. The lowest BCUT2D eigenvalue weighted by atomic mass is 10.1. The van der Waals surface area contributed by atoms with Crippen molar-refractivity contribution in [2.75, 3.05) is 20.3 Å². The number of methoxy groups -OCH3 is 1. The summed E-state index contributed by atoms with van der Waals surface area (Å²) < 4.78 is 5.15. The zero-order valence-corrected chi connectivity index (χ0v) is 9.08. The lowest BCUT2D eigenvalue weighted by molar-refractivity contribution is 0.0577. The summed E-state index contributed by atoms with van der Waals surface area (Å²) in [5, 5.41) is 9.56. The fourth-order valence-corrected chi connectivity index (χ4v) is 2.06. The molecule has 0 aromatic heterocycles. The summed E-state index contributed by atoms with van der Waals surface area (Å²) in [5.74, 6) is 0. The van der Waals surface area contributed by atoms with E-state index in [1.807, 2.05) is 0 Å². The first kappa shape index (κ1) is 11.0. The van der Waals surface area contributed by atoms with Crippen LogP contribution in [0.3, 0.4) is 0 Å². The van der Waals surface area contributed by atoms with Crippen LogP contribution in [-0.4, -0.2) is 48.0 Å². The van der Waals surface area contributed by atoms with Gasteiger partial charge in [0.15, 0.2) is 0 Å². The van der Waals surface area contributed by atoms with E-state index in [4.69, 9.17) is 4.74 Å². The third-order valence-electron chi connectivity index (χ3n) is 2.61. The first-order valence-corrected chi connectivity index (χ1v) is 4.89. The molecule has 2 atom stereocenters. The monoisotopic (exact) mass is 187 g/mol. The van der Waals surface area contributed by atoms with Crippen LogP contribution < -0.4 is 0 Å². The van der Waals surface area contributed by atoms with Gasteiger partial charge in [-0.3, -0.25) is 4.90 Å². The smallest absolute Gasteiger partial charge is 0.0683 e. The normalized spacial score (nSPS) is 31.2. The Morgan fingerprint density at radius 3 is 2.54 bits per heavy atom. The van der Waals surface area contributed by atoms with E-state index in [0.29, 0.717) is 12.6 Å². The second kappa shape index (κ2) is 3.95. The number of rotatable bonds is 2. The highest BCUT2D eigenvalue weighted by Gasteiger charge is 2.37. The lowest BCUT2D eigenvalue weighted by Gasteiger charge is -2.36. The Kier molecular flexibility index (Phi) is 3.33. The fraction of sp³-hybridized carbons (Fsp3) is 1.00. The minimum absolute atomic E-state index is 0.126. The molecule has 1 heterocycles. The van der Waals surface area contributed by atoms with Crippen molar-refractivity contribution >= 4 is 0 Å². The van der Waals surface area contributed by atoms with Crippen LogP contribution in [0.5, 0.6) is 0 Å². The SMILES string of the molecule is COC[C@H]1C[C@@H](O)CN1C(C)(C)C. The van der Waals surface area contributed by atoms with Crippen molar-refractivity contribution in [2.24, 2.45) is 0 Å². The Bertz CT molecular complexity index is 165. The number of β-amino-alcohol motifs (C(OH)–C–C–N with tert-alkyl or cyclic N) is 1. The van der Waals surface area contributed by atoms with Crippen LogP contribution in [0.2, 0.25) is 0 Å². The van der Waals surface area contributed by atoms with Crippen molar-refractivity contribution in [3.05, 3.63) is 0 Å².